The maximum Gasteiger partial charge on any atom is 0.265 e. The fourth-order valence-electron chi connectivity index (χ4n) is 2.55. The number of ether oxygens (including phenoxy) is 1. The molecule has 0 unspecified atom stereocenters. The van der Waals surface area contributed by atoms with E-state index in [0.29, 0.717) is 17.3 Å². The standard InChI is InChI=1S/C16H12N4O3S/c21-13-7-20(12-4-2-1-3-11(12)19-13)14(22)8-23-15-10-5-6-24-16(10)18-9-17-15/h1-6,9H,7-8H2,(H,19,21). The monoisotopic (exact) mass is 340 g/mol. The number of para-hydroxylation sites is 2. The Hall–Kier alpha value is -3.00. The van der Waals surface area contributed by atoms with Crippen LogP contribution in [0.2, 0.25) is 0 Å². The first kappa shape index (κ1) is 14.6. The van der Waals surface area contributed by atoms with E-state index in [1.807, 2.05) is 17.5 Å². The molecule has 1 aliphatic heterocycles. The van der Waals surface area contributed by atoms with Crippen molar-refractivity contribution in [2.45, 2.75) is 0 Å². The Kier molecular flexibility index (Phi) is 3.58. The SMILES string of the molecule is O=C1CN(C(=O)COc2ncnc3sccc23)c2ccccc2N1. The minimum Gasteiger partial charge on any atom is -0.467 e. The molecule has 0 spiro atoms. The average molecular weight is 340 g/mol. The Balaban J connectivity index is 1.55. The Labute approximate surface area is 140 Å². The number of rotatable bonds is 3. The number of anilines is 2. The molecule has 4 rings (SSSR count). The van der Waals surface area contributed by atoms with Crippen molar-refractivity contribution in [3.8, 4) is 5.88 Å². The van der Waals surface area contributed by atoms with Crippen molar-refractivity contribution in [2.75, 3.05) is 23.4 Å². The maximum absolute atomic E-state index is 12.5. The lowest BCUT2D eigenvalue weighted by atomic mass is 10.2. The Morgan fingerprint density at radius 1 is 1.29 bits per heavy atom. The number of aromatic nitrogens is 2. The van der Waals surface area contributed by atoms with Crippen molar-refractivity contribution in [3.63, 3.8) is 0 Å². The third-order valence-corrected chi connectivity index (χ3v) is 4.45. The summed E-state index contributed by atoms with van der Waals surface area (Å²) >= 11 is 1.48. The van der Waals surface area contributed by atoms with Crippen molar-refractivity contribution >= 4 is 44.7 Å². The fraction of sp³-hybridized carbons (Fsp3) is 0.125. The van der Waals surface area contributed by atoms with E-state index >= 15 is 0 Å². The van der Waals surface area contributed by atoms with Gasteiger partial charge in [0.2, 0.25) is 11.8 Å². The summed E-state index contributed by atoms with van der Waals surface area (Å²) in [4.78, 5) is 34.8. The van der Waals surface area contributed by atoms with Gasteiger partial charge in [0.1, 0.15) is 17.7 Å². The summed E-state index contributed by atoms with van der Waals surface area (Å²) in [6.45, 7) is -0.236. The first-order chi connectivity index (χ1) is 11.7. The second kappa shape index (κ2) is 5.89. The van der Waals surface area contributed by atoms with Crippen LogP contribution < -0.4 is 15.0 Å². The van der Waals surface area contributed by atoms with Gasteiger partial charge in [-0.2, -0.15) is 0 Å². The van der Waals surface area contributed by atoms with E-state index in [2.05, 4.69) is 15.3 Å². The van der Waals surface area contributed by atoms with E-state index in [9.17, 15) is 9.59 Å². The zero-order valence-electron chi connectivity index (χ0n) is 12.4. The third kappa shape index (κ3) is 2.56. The lowest BCUT2D eigenvalue weighted by Gasteiger charge is -2.28. The lowest BCUT2D eigenvalue weighted by molar-refractivity contribution is -0.123. The van der Waals surface area contributed by atoms with E-state index in [0.717, 1.165) is 10.2 Å². The molecule has 0 atom stereocenters. The van der Waals surface area contributed by atoms with Gasteiger partial charge in [0, 0.05) is 0 Å². The first-order valence-electron chi connectivity index (χ1n) is 7.22. The van der Waals surface area contributed by atoms with E-state index in [1.165, 1.54) is 22.6 Å². The van der Waals surface area contributed by atoms with Gasteiger partial charge in [-0.15, -0.1) is 11.3 Å². The van der Waals surface area contributed by atoms with Gasteiger partial charge in [0.25, 0.3) is 5.91 Å². The molecule has 24 heavy (non-hydrogen) atoms. The molecule has 2 aromatic heterocycles. The first-order valence-corrected chi connectivity index (χ1v) is 8.10. The Bertz CT molecular complexity index is 940. The molecule has 120 valence electrons. The van der Waals surface area contributed by atoms with Crippen LogP contribution in [0, 0.1) is 0 Å². The molecule has 0 bridgehead atoms. The van der Waals surface area contributed by atoms with Crippen LogP contribution in [0.25, 0.3) is 10.2 Å². The molecule has 1 aromatic carbocycles. The Morgan fingerprint density at radius 2 is 2.17 bits per heavy atom. The molecule has 0 radical (unpaired) electrons. The molecule has 0 fully saturated rings. The highest BCUT2D eigenvalue weighted by Crippen LogP contribution is 2.29. The van der Waals surface area contributed by atoms with E-state index < -0.39 is 0 Å². The summed E-state index contributed by atoms with van der Waals surface area (Å²) in [5.41, 5.74) is 1.28. The summed E-state index contributed by atoms with van der Waals surface area (Å²) in [6, 6.07) is 9.01. The highest BCUT2D eigenvalue weighted by atomic mass is 32.1. The van der Waals surface area contributed by atoms with Crippen molar-refractivity contribution in [1.82, 2.24) is 9.97 Å². The summed E-state index contributed by atoms with van der Waals surface area (Å²) < 4.78 is 5.58. The van der Waals surface area contributed by atoms with Gasteiger partial charge < -0.3 is 10.1 Å². The van der Waals surface area contributed by atoms with Crippen molar-refractivity contribution < 1.29 is 14.3 Å². The van der Waals surface area contributed by atoms with Gasteiger partial charge in [-0.25, -0.2) is 9.97 Å². The van der Waals surface area contributed by atoms with Crippen LogP contribution in [0.15, 0.2) is 42.0 Å². The average Bonchev–Trinajstić information content (AvgIpc) is 3.08. The van der Waals surface area contributed by atoms with Crippen molar-refractivity contribution in [1.29, 1.82) is 0 Å². The minimum atomic E-state index is -0.306. The van der Waals surface area contributed by atoms with Gasteiger partial charge in [0.15, 0.2) is 6.61 Å². The molecule has 2 amide bonds. The van der Waals surface area contributed by atoms with Crippen molar-refractivity contribution in [3.05, 3.63) is 42.0 Å². The zero-order valence-corrected chi connectivity index (χ0v) is 13.2. The van der Waals surface area contributed by atoms with Gasteiger partial charge >= 0.3 is 0 Å². The fourth-order valence-corrected chi connectivity index (χ4v) is 3.27. The number of carbonyl (C=O) groups is 2. The number of hydrogen-bond donors (Lipinski definition) is 1. The number of nitrogens with one attached hydrogen (secondary N) is 1. The number of amides is 2. The predicted octanol–water partition coefficient (Wildman–Crippen LogP) is 2.06. The molecule has 1 aliphatic rings. The van der Waals surface area contributed by atoms with Crippen LogP contribution in [0.4, 0.5) is 11.4 Å². The molecule has 0 aliphatic carbocycles. The summed E-state index contributed by atoms with van der Waals surface area (Å²) in [5, 5.41) is 5.40. The number of carbonyl (C=O) groups excluding carboxylic acids is 2. The maximum atomic E-state index is 12.5. The largest absolute Gasteiger partial charge is 0.467 e. The van der Waals surface area contributed by atoms with Crippen LogP contribution in [0.1, 0.15) is 0 Å². The molecule has 0 saturated carbocycles. The van der Waals surface area contributed by atoms with Crippen LogP contribution in [-0.2, 0) is 9.59 Å². The predicted molar refractivity (Wildman–Crippen MR) is 90.3 cm³/mol. The molecular formula is C16H12N4O3S. The van der Waals surface area contributed by atoms with Crippen LogP contribution in [0.5, 0.6) is 5.88 Å². The van der Waals surface area contributed by atoms with Crippen LogP contribution in [0.3, 0.4) is 0 Å². The number of thiophene rings is 1. The molecular weight excluding hydrogens is 328 g/mol. The summed E-state index contributed by atoms with van der Waals surface area (Å²) in [5.74, 6) is -0.173. The molecule has 7 nitrogen and oxygen atoms in total. The topological polar surface area (TPSA) is 84.4 Å². The Morgan fingerprint density at radius 3 is 3.08 bits per heavy atom. The highest BCUT2D eigenvalue weighted by Gasteiger charge is 2.27. The number of nitrogens with zero attached hydrogens (tertiary/aromatic N) is 3. The molecule has 8 heteroatoms. The third-order valence-electron chi connectivity index (χ3n) is 3.63. The minimum absolute atomic E-state index is 0.0309. The zero-order chi connectivity index (χ0) is 16.5. The van der Waals surface area contributed by atoms with Gasteiger partial charge in [0.05, 0.1) is 16.8 Å². The summed E-state index contributed by atoms with van der Waals surface area (Å²) in [7, 11) is 0. The van der Waals surface area contributed by atoms with Gasteiger partial charge in [-0.05, 0) is 23.6 Å². The molecule has 3 aromatic rings. The van der Waals surface area contributed by atoms with E-state index in [1.54, 1.807) is 18.2 Å². The van der Waals surface area contributed by atoms with Gasteiger partial charge in [-0.1, -0.05) is 12.1 Å². The van der Waals surface area contributed by atoms with Crippen LogP contribution in [-0.4, -0.2) is 34.9 Å². The second-order valence-corrected chi connectivity index (χ2v) is 6.05. The highest BCUT2D eigenvalue weighted by molar-refractivity contribution is 7.16. The molecule has 3 heterocycles. The summed E-state index contributed by atoms with van der Waals surface area (Å²) in [6.07, 6.45) is 1.41. The number of fused-ring (bicyclic) bond motifs is 2. The van der Waals surface area contributed by atoms with E-state index in [-0.39, 0.29) is 25.0 Å². The van der Waals surface area contributed by atoms with E-state index in [4.69, 9.17) is 4.74 Å². The molecule has 1 N–H and O–H groups in total. The molecule has 0 saturated heterocycles. The smallest absolute Gasteiger partial charge is 0.265 e. The quantitative estimate of drug-likeness (QED) is 0.789. The number of hydrogen-bond acceptors (Lipinski definition) is 6. The number of benzene rings is 1. The normalized spacial score (nSPS) is 13.5. The van der Waals surface area contributed by atoms with Gasteiger partial charge in [-0.3, -0.25) is 14.5 Å². The van der Waals surface area contributed by atoms with Crippen LogP contribution >= 0.6 is 11.3 Å². The second-order valence-electron chi connectivity index (χ2n) is 5.15. The van der Waals surface area contributed by atoms with Crippen molar-refractivity contribution in [2.24, 2.45) is 0 Å². The lowest BCUT2D eigenvalue weighted by Crippen LogP contribution is -2.44.